The molecule has 17 heavy (non-hydrogen) atoms. The maximum atomic E-state index is 11.6. The molecule has 1 aliphatic rings. The second kappa shape index (κ2) is 6.90. The van der Waals surface area contributed by atoms with Crippen LogP contribution in [0.25, 0.3) is 0 Å². The molecule has 6 heteroatoms. The van der Waals surface area contributed by atoms with Crippen molar-refractivity contribution in [1.82, 2.24) is 20.2 Å². The van der Waals surface area contributed by atoms with E-state index in [0.717, 1.165) is 26.2 Å². The zero-order valence-corrected chi connectivity index (χ0v) is 11.1. The zero-order valence-electron chi connectivity index (χ0n) is 11.1. The lowest BCUT2D eigenvalue weighted by atomic mass is 10.2. The Bertz CT molecular complexity index is 238. The van der Waals surface area contributed by atoms with Crippen LogP contribution in [0.1, 0.15) is 6.42 Å². The molecule has 1 heterocycles. The van der Waals surface area contributed by atoms with E-state index in [2.05, 4.69) is 22.4 Å². The third-order valence-electron chi connectivity index (χ3n) is 3.07. The maximum Gasteiger partial charge on any atom is 0.223 e. The standard InChI is InChI=1S/C11H25N5O/c1-14(2)11(17)8-10(9-12)13-16-6-4-15(3)5-7-16/h10,13H,4-9,12H2,1-3H3. The molecular weight excluding hydrogens is 218 g/mol. The molecule has 0 saturated carbocycles. The third kappa shape index (κ3) is 4.99. The van der Waals surface area contributed by atoms with E-state index in [4.69, 9.17) is 5.73 Å². The Morgan fingerprint density at radius 1 is 1.35 bits per heavy atom. The number of likely N-dealkylation sites (N-methyl/N-ethyl adjacent to an activating group) is 1. The molecule has 0 aromatic heterocycles. The Morgan fingerprint density at radius 2 is 1.94 bits per heavy atom. The van der Waals surface area contributed by atoms with Crippen molar-refractivity contribution in [2.75, 3.05) is 53.9 Å². The number of carbonyl (C=O) groups is 1. The van der Waals surface area contributed by atoms with Crippen LogP contribution >= 0.6 is 0 Å². The highest BCUT2D eigenvalue weighted by molar-refractivity contribution is 5.76. The van der Waals surface area contributed by atoms with Crippen molar-refractivity contribution in [3.8, 4) is 0 Å². The summed E-state index contributed by atoms with van der Waals surface area (Å²) in [6.45, 7) is 4.52. The fourth-order valence-corrected chi connectivity index (χ4v) is 1.77. The van der Waals surface area contributed by atoms with Gasteiger partial charge >= 0.3 is 0 Å². The molecular formula is C11H25N5O. The van der Waals surface area contributed by atoms with Crippen LogP contribution in [-0.4, -0.2) is 80.6 Å². The minimum absolute atomic E-state index is 0.0355. The first-order chi connectivity index (χ1) is 8.02. The van der Waals surface area contributed by atoms with E-state index in [1.54, 1.807) is 19.0 Å². The van der Waals surface area contributed by atoms with Gasteiger partial charge in [0.25, 0.3) is 0 Å². The smallest absolute Gasteiger partial charge is 0.223 e. The van der Waals surface area contributed by atoms with Gasteiger partial charge in [-0.2, -0.15) is 0 Å². The van der Waals surface area contributed by atoms with Crippen LogP contribution in [0.2, 0.25) is 0 Å². The highest BCUT2D eigenvalue weighted by Gasteiger charge is 2.19. The van der Waals surface area contributed by atoms with Gasteiger partial charge in [-0.05, 0) is 7.05 Å². The van der Waals surface area contributed by atoms with Crippen molar-refractivity contribution in [2.45, 2.75) is 12.5 Å². The Kier molecular flexibility index (Phi) is 5.84. The summed E-state index contributed by atoms with van der Waals surface area (Å²) in [5, 5.41) is 2.17. The van der Waals surface area contributed by atoms with Gasteiger partial charge in [0.1, 0.15) is 0 Å². The van der Waals surface area contributed by atoms with Crippen LogP contribution < -0.4 is 11.2 Å². The first-order valence-corrected chi connectivity index (χ1v) is 6.12. The summed E-state index contributed by atoms with van der Waals surface area (Å²) in [6.07, 6.45) is 0.454. The Balaban J connectivity index is 2.33. The summed E-state index contributed by atoms with van der Waals surface area (Å²) >= 11 is 0. The SMILES string of the molecule is CN1CCN(NC(CN)CC(=O)N(C)C)CC1. The average Bonchev–Trinajstić information content (AvgIpc) is 2.30. The second-order valence-corrected chi connectivity index (χ2v) is 4.84. The Labute approximate surface area is 104 Å². The monoisotopic (exact) mass is 243 g/mol. The lowest BCUT2D eigenvalue weighted by Gasteiger charge is -2.35. The first kappa shape index (κ1) is 14.4. The van der Waals surface area contributed by atoms with Crippen molar-refractivity contribution >= 4 is 5.91 Å². The number of hydrogen-bond donors (Lipinski definition) is 2. The van der Waals surface area contributed by atoms with Gasteiger partial charge < -0.3 is 15.5 Å². The van der Waals surface area contributed by atoms with Gasteiger partial charge in [0.2, 0.25) is 5.91 Å². The lowest BCUT2D eigenvalue weighted by molar-refractivity contribution is -0.129. The largest absolute Gasteiger partial charge is 0.349 e. The highest BCUT2D eigenvalue weighted by Crippen LogP contribution is 2.00. The Morgan fingerprint density at radius 3 is 2.41 bits per heavy atom. The average molecular weight is 243 g/mol. The van der Waals surface area contributed by atoms with E-state index < -0.39 is 0 Å². The Hall–Kier alpha value is -0.690. The second-order valence-electron chi connectivity index (χ2n) is 4.84. The summed E-state index contributed by atoms with van der Waals surface area (Å²) in [6, 6.07) is 0.0355. The van der Waals surface area contributed by atoms with Crippen molar-refractivity contribution in [2.24, 2.45) is 5.73 Å². The van der Waals surface area contributed by atoms with Crippen LogP contribution in [0, 0.1) is 0 Å². The number of nitrogens with two attached hydrogens (primary N) is 1. The summed E-state index contributed by atoms with van der Waals surface area (Å²) in [4.78, 5) is 15.5. The van der Waals surface area contributed by atoms with Crippen LogP contribution in [0.15, 0.2) is 0 Å². The molecule has 0 spiro atoms. The third-order valence-corrected chi connectivity index (χ3v) is 3.07. The molecule has 0 bridgehead atoms. The predicted octanol–water partition coefficient (Wildman–Crippen LogP) is -1.46. The van der Waals surface area contributed by atoms with Gasteiger partial charge in [-0.3, -0.25) is 10.2 Å². The van der Waals surface area contributed by atoms with E-state index in [1.807, 2.05) is 0 Å². The highest BCUT2D eigenvalue weighted by atomic mass is 16.2. The molecule has 0 aromatic carbocycles. The van der Waals surface area contributed by atoms with Gasteiger partial charge in [0.05, 0.1) is 0 Å². The quantitative estimate of drug-likeness (QED) is 0.618. The van der Waals surface area contributed by atoms with Crippen LogP contribution in [0.5, 0.6) is 0 Å². The van der Waals surface area contributed by atoms with Gasteiger partial charge in [0, 0.05) is 59.3 Å². The van der Waals surface area contributed by atoms with E-state index in [1.165, 1.54) is 0 Å². The summed E-state index contributed by atoms with van der Waals surface area (Å²) in [7, 11) is 5.66. The molecule has 1 atom stereocenters. The number of hydrogen-bond acceptors (Lipinski definition) is 5. The number of amides is 1. The predicted molar refractivity (Wildman–Crippen MR) is 68.4 cm³/mol. The number of nitrogens with zero attached hydrogens (tertiary/aromatic N) is 3. The van der Waals surface area contributed by atoms with Gasteiger partial charge in [0.15, 0.2) is 0 Å². The van der Waals surface area contributed by atoms with Gasteiger partial charge in [-0.25, -0.2) is 5.01 Å². The molecule has 1 aliphatic heterocycles. The van der Waals surface area contributed by atoms with Crippen molar-refractivity contribution in [3.05, 3.63) is 0 Å². The molecule has 1 rings (SSSR count). The molecule has 6 nitrogen and oxygen atoms in total. The number of piperazine rings is 1. The van der Waals surface area contributed by atoms with Crippen molar-refractivity contribution < 1.29 is 4.79 Å². The number of hydrazine groups is 1. The number of carbonyl (C=O) groups excluding carboxylic acids is 1. The molecule has 1 unspecified atom stereocenters. The summed E-state index contributed by atoms with van der Waals surface area (Å²) in [5.41, 5.74) is 9.04. The van der Waals surface area contributed by atoms with Gasteiger partial charge in [-0.15, -0.1) is 0 Å². The maximum absolute atomic E-state index is 11.6. The minimum atomic E-state index is 0.0355. The molecule has 0 radical (unpaired) electrons. The normalized spacial score (nSPS) is 20.2. The zero-order chi connectivity index (χ0) is 12.8. The lowest BCUT2D eigenvalue weighted by Crippen LogP contribution is -2.56. The van der Waals surface area contributed by atoms with Crippen LogP contribution in [0.4, 0.5) is 0 Å². The topological polar surface area (TPSA) is 64.8 Å². The molecule has 0 aliphatic carbocycles. The van der Waals surface area contributed by atoms with E-state index in [-0.39, 0.29) is 11.9 Å². The van der Waals surface area contributed by atoms with E-state index in [0.29, 0.717) is 13.0 Å². The molecule has 1 saturated heterocycles. The van der Waals surface area contributed by atoms with Crippen LogP contribution in [-0.2, 0) is 4.79 Å². The van der Waals surface area contributed by atoms with E-state index >= 15 is 0 Å². The fraction of sp³-hybridized carbons (Fsp3) is 0.909. The number of rotatable bonds is 5. The minimum Gasteiger partial charge on any atom is -0.349 e. The van der Waals surface area contributed by atoms with Crippen LogP contribution in [0.3, 0.4) is 0 Å². The molecule has 100 valence electrons. The molecule has 1 amide bonds. The number of nitrogens with one attached hydrogen (secondary N) is 1. The van der Waals surface area contributed by atoms with Gasteiger partial charge in [-0.1, -0.05) is 0 Å². The van der Waals surface area contributed by atoms with Crippen molar-refractivity contribution in [1.29, 1.82) is 0 Å². The fourth-order valence-electron chi connectivity index (χ4n) is 1.77. The van der Waals surface area contributed by atoms with Crippen molar-refractivity contribution in [3.63, 3.8) is 0 Å². The van der Waals surface area contributed by atoms with E-state index in [9.17, 15) is 4.79 Å². The molecule has 3 N–H and O–H groups in total. The molecule has 0 aromatic rings. The summed E-state index contributed by atoms with van der Waals surface area (Å²) < 4.78 is 0. The summed E-state index contributed by atoms with van der Waals surface area (Å²) in [5.74, 6) is 0.113. The molecule has 1 fully saturated rings. The first-order valence-electron chi connectivity index (χ1n) is 6.12.